The zero-order chi connectivity index (χ0) is 14.1. The van der Waals surface area contributed by atoms with E-state index in [0.29, 0.717) is 11.3 Å². The van der Waals surface area contributed by atoms with Crippen molar-refractivity contribution in [2.24, 2.45) is 0 Å². The molecule has 0 spiro atoms. The van der Waals surface area contributed by atoms with Gasteiger partial charge in [-0.15, -0.1) is 0 Å². The van der Waals surface area contributed by atoms with E-state index in [1.807, 2.05) is 12.1 Å². The average molecular weight is 274 g/mol. The molecule has 0 unspecified atom stereocenters. The number of aromatic nitrogens is 2. The fraction of sp³-hybridized carbons (Fsp3) is 0.133. The fourth-order valence-corrected chi connectivity index (χ4v) is 2.26. The summed E-state index contributed by atoms with van der Waals surface area (Å²) in [7, 11) is 0. The van der Waals surface area contributed by atoms with Crippen molar-refractivity contribution in [3.8, 4) is 0 Å². The Kier molecular flexibility index (Phi) is 3.20. The van der Waals surface area contributed by atoms with Crippen molar-refractivity contribution >= 4 is 11.0 Å². The Bertz CT molecular complexity index is 747. The number of imidazole rings is 1. The van der Waals surface area contributed by atoms with E-state index in [9.17, 15) is 13.9 Å². The largest absolute Gasteiger partial charge is 0.388 e. The Balaban J connectivity index is 2.15. The van der Waals surface area contributed by atoms with Gasteiger partial charge in [-0.2, -0.15) is 0 Å². The number of aliphatic hydroxyl groups excluding tert-OH is 1. The zero-order valence-corrected chi connectivity index (χ0v) is 10.6. The molecule has 1 aromatic heterocycles. The van der Waals surface area contributed by atoms with Crippen LogP contribution in [0.4, 0.5) is 8.78 Å². The van der Waals surface area contributed by atoms with Crippen LogP contribution in [0.1, 0.15) is 11.4 Å². The highest BCUT2D eigenvalue weighted by Gasteiger charge is 2.14. The fourth-order valence-electron chi connectivity index (χ4n) is 2.26. The molecule has 0 aliphatic carbocycles. The second kappa shape index (κ2) is 5.02. The molecule has 20 heavy (non-hydrogen) atoms. The van der Waals surface area contributed by atoms with Gasteiger partial charge in [-0.05, 0) is 24.3 Å². The van der Waals surface area contributed by atoms with Gasteiger partial charge in [0.25, 0.3) is 0 Å². The number of para-hydroxylation sites is 2. The number of aliphatic hydroxyl groups is 1. The van der Waals surface area contributed by atoms with Gasteiger partial charge in [0.05, 0.1) is 17.6 Å². The van der Waals surface area contributed by atoms with Crippen molar-refractivity contribution in [1.29, 1.82) is 0 Å². The summed E-state index contributed by atoms with van der Waals surface area (Å²) >= 11 is 0. The zero-order valence-electron chi connectivity index (χ0n) is 10.6. The lowest BCUT2D eigenvalue weighted by Crippen LogP contribution is -2.08. The summed E-state index contributed by atoms with van der Waals surface area (Å²) < 4.78 is 29.1. The Labute approximate surface area is 114 Å². The van der Waals surface area contributed by atoms with E-state index in [4.69, 9.17) is 0 Å². The van der Waals surface area contributed by atoms with Crippen LogP contribution in [-0.4, -0.2) is 14.7 Å². The quantitative estimate of drug-likeness (QED) is 0.797. The molecule has 1 heterocycles. The van der Waals surface area contributed by atoms with Crippen molar-refractivity contribution in [2.75, 3.05) is 0 Å². The van der Waals surface area contributed by atoms with Crippen molar-refractivity contribution in [1.82, 2.24) is 9.55 Å². The molecule has 0 aliphatic heterocycles. The topological polar surface area (TPSA) is 38.1 Å². The van der Waals surface area contributed by atoms with Gasteiger partial charge in [-0.1, -0.05) is 18.2 Å². The molecule has 0 bridgehead atoms. The Morgan fingerprint density at radius 1 is 1.00 bits per heavy atom. The van der Waals surface area contributed by atoms with E-state index >= 15 is 0 Å². The summed E-state index contributed by atoms with van der Waals surface area (Å²) in [6.45, 7) is -0.292. The summed E-state index contributed by atoms with van der Waals surface area (Å²) in [6.07, 6.45) is 0. The molecule has 0 radical (unpaired) electrons. The van der Waals surface area contributed by atoms with Crippen LogP contribution in [0, 0.1) is 11.6 Å². The summed E-state index contributed by atoms with van der Waals surface area (Å²) in [5.74, 6) is -0.827. The van der Waals surface area contributed by atoms with Crippen molar-refractivity contribution in [2.45, 2.75) is 13.2 Å². The van der Waals surface area contributed by atoms with Gasteiger partial charge >= 0.3 is 0 Å². The molecule has 102 valence electrons. The highest BCUT2D eigenvalue weighted by molar-refractivity contribution is 5.76. The maximum Gasteiger partial charge on any atom is 0.136 e. The van der Waals surface area contributed by atoms with Gasteiger partial charge in [0.15, 0.2) is 0 Å². The Morgan fingerprint density at radius 3 is 2.40 bits per heavy atom. The first-order valence-corrected chi connectivity index (χ1v) is 6.18. The van der Waals surface area contributed by atoms with Gasteiger partial charge in [-0.25, -0.2) is 13.8 Å². The SMILES string of the molecule is OCc1nc2ccccc2n1Cc1c(F)cccc1F. The summed E-state index contributed by atoms with van der Waals surface area (Å²) in [5, 5.41) is 9.37. The van der Waals surface area contributed by atoms with E-state index in [0.717, 1.165) is 5.52 Å². The van der Waals surface area contributed by atoms with Crippen LogP contribution in [0.5, 0.6) is 0 Å². The molecular weight excluding hydrogens is 262 g/mol. The number of halogens is 2. The van der Waals surface area contributed by atoms with Gasteiger partial charge < -0.3 is 9.67 Å². The standard InChI is InChI=1S/C15H12F2N2O/c16-11-4-3-5-12(17)10(11)8-19-14-7-2-1-6-13(14)18-15(19)9-20/h1-7,20H,8-9H2. The van der Waals surface area contributed by atoms with Crippen LogP contribution >= 0.6 is 0 Å². The third-order valence-corrected chi connectivity index (χ3v) is 3.25. The number of benzene rings is 2. The molecule has 0 fully saturated rings. The van der Waals surface area contributed by atoms with Crippen LogP contribution in [0.15, 0.2) is 42.5 Å². The van der Waals surface area contributed by atoms with Gasteiger partial charge in [0, 0.05) is 5.56 Å². The Hall–Kier alpha value is -2.27. The Morgan fingerprint density at radius 2 is 1.70 bits per heavy atom. The van der Waals surface area contributed by atoms with Crippen LogP contribution in [0.3, 0.4) is 0 Å². The molecule has 0 amide bonds. The average Bonchev–Trinajstić information content (AvgIpc) is 2.81. The minimum absolute atomic E-state index is 0.00505. The van der Waals surface area contributed by atoms with Gasteiger partial charge in [0.1, 0.15) is 24.1 Å². The first kappa shape index (κ1) is 12.7. The molecule has 0 saturated carbocycles. The first-order valence-electron chi connectivity index (χ1n) is 6.18. The smallest absolute Gasteiger partial charge is 0.136 e. The first-order chi connectivity index (χ1) is 9.70. The maximum absolute atomic E-state index is 13.7. The van der Waals surface area contributed by atoms with E-state index in [1.54, 1.807) is 16.7 Å². The molecule has 0 atom stereocenters. The maximum atomic E-state index is 13.7. The number of hydrogen-bond acceptors (Lipinski definition) is 2. The predicted octanol–water partition coefficient (Wildman–Crippen LogP) is 2.86. The molecule has 3 aromatic rings. The predicted molar refractivity (Wildman–Crippen MR) is 71.1 cm³/mol. The van der Waals surface area contributed by atoms with Gasteiger partial charge in [0.2, 0.25) is 0 Å². The number of hydrogen-bond donors (Lipinski definition) is 1. The highest BCUT2D eigenvalue weighted by atomic mass is 19.1. The second-order valence-electron chi connectivity index (χ2n) is 4.46. The lowest BCUT2D eigenvalue weighted by atomic mass is 10.2. The third-order valence-electron chi connectivity index (χ3n) is 3.25. The van der Waals surface area contributed by atoms with Gasteiger partial charge in [-0.3, -0.25) is 0 Å². The number of nitrogens with zero attached hydrogens (tertiary/aromatic N) is 2. The van der Waals surface area contributed by atoms with Crippen molar-refractivity contribution < 1.29 is 13.9 Å². The summed E-state index contributed by atoms with van der Waals surface area (Å²) in [5.41, 5.74) is 1.39. The normalized spacial score (nSPS) is 11.2. The van der Waals surface area contributed by atoms with E-state index in [-0.39, 0.29) is 18.7 Å². The minimum Gasteiger partial charge on any atom is -0.388 e. The van der Waals surface area contributed by atoms with E-state index in [1.165, 1.54) is 18.2 Å². The monoisotopic (exact) mass is 274 g/mol. The summed E-state index contributed by atoms with van der Waals surface area (Å²) in [6, 6.07) is 11.0. The molecule has 5 heteroatoms. The molecule has 0 saturated heterocycles. The van der Waals surface area contributed by atoms with Crippen LogP contribution in [0.2, 0.25) is 0 Å². The van der Waals surface area contributed by atoms with Crippen LogP contribution in [-0.2, 0) is 13.2 Å². The summed E-state index contributed by atoms with van der Waals surface area (Å²) in [4.78, 5) is 4.25. The molecule has 3 rings (SSSR count). The molecule has 0 aliphatic rings. The van der Waals surface area contributed by atoms with Crippen molar-refractivity contribution in [3.05, 3.63) is 65.5 Å². The van der Waals surface area contributed by atoms with Crippen LogP contribution < -0.4 is 0 Å². The minimum atomic E-state index is -0.605. The molecule has 3 nitrogen and oxygen atoms in total. The van der Waals surface area contributed by atoms with Crippen LogP contribution in [0.25, 0.3) is 11.0 Å². The van der Waals surface area contributed by atoms with E-state index in [2.05, 4.69) is 4.98 Å². The highest BCUT2D eigenvalue weighted by Crippen LogP contribution is 2.20. The second-order valence-corrected chi connectivity index (χ2v) is 4.46. The van der Waals surface area contributed by atoms with E-state index < -0.39 is 11.6 Å². The molecular formula is C15H12F2N2O. The number of rotatable bonds is 3. The number of fused-ring (bicyclic) bond motifs is 1. The lowest BCUT2D eigenvalue weighted by molar-refractivity contribution is 0.266. The molecule has 1 N–H and O–H groups in total. The van der Waals surface area contributed by atoms with Crippen molar-refractivity contribution in [3.63, 3.8) is 0 Å². The third kappa shape index (κ3) is 2.06. The lowest BCUT2D eigenvalue weighted by Gasteiger charge is -2.09. The molecule has 2 aromatic carbocycles.